The van der Waals surface area contributed by atoms with Crippen molar-refractivity contribution in [1.82, 2.24) is 4.90 Å². The Morgan fingerprint density at radius 2 is 1.87 bits per heavy atom. The lowest BCUT2D eigenvalue weighted by Gasteiger charge is -2.41. The first kappa shape index (κ1) is 22.1. The molecule has 2 amide bonds. The first-order valence-electron chi connectivity index (χ1n) is 10.2. The molecule has 4 N–H and O–H groups in total. The molecule has 2 aromatic rings. The summed E-state index contributed by atoms with van der Waals surface area (Å²) < 4.78 is 5.39. The van der Waals surface area contributed by atoms with Gasteiger partial charge in [0.1, 0.15) is 5.75 Å². The Morgan fingerprint density at radius 1 is 1.17 bits per heavy atom. The number of nitrogens with two attached hydrogens (primary N) is 2. The number of piperidine rings is 1. The number of likely N-dealkylation sites (tertiary alicyclic amines) is 1. The normalized spacial score (nSPS) is 16.2. The maximum atomic E-state index is 11.3. The number of ether oxygens (including phenoxy) is 1. The van der Waals surface area contributed by atoms with Gasteiger partial charge in [0.2, 0.25) is 5.91 Å². The van der Waals surface area contributed by atoms with Crippen molar-refractivity contribution in [2.24, 2.45) is 11.5 Å². The van der Waals surface area contributed by atoms with Crippen LogP contribution in [0.15, 0.2) is 41.1 Å². The van der Waals surface area contributed by atoms with Gasteiger partial charge in [0.15, 0.2) is 6.61 Å². The number of thiophene rings is 1. The zero-order valence-corrected chi connectivity index (χ0v) is 18.1. The van der Waals surface area contributed by atoms with E-state index in [0.717, 1.165) is 38.2 Å². The molecule has 1 aliphatic heterocycles. The Labute approximate surface area is 181 Å². The fourth-order valence-electron chi connectivity index (χ4n) is 3.96. The van der Waals surface area contributed by atoms with E-state index in [1.54, 1.807) is 11.3 Å². The molecule has 30 heavy (non-hydrogen) atoms. The lowest BCUT2D eigenvalue weighted by Crippen LogP contribution is -2.48. The third-order valence-corrected chi connectivity index (χ3v) is 6.27. The minimum atomic E-state index is -0.490. The monoisotopic (exact) mass is 430 g/mol. The topological polar surface area (TPSA) is 102 Å². The van der Waals surface area contributed by atoms with Gasteiger partial charge in [-0.25, -0.2) is 0 Å². The molecule has 0 radical (unpaired) electrons. The fraction of sp³-hybridized carbons (Fsp3) is 0.455. The van der Waals surface area contributed by atoms with Gasteiger partial charge in [0.25, 0.3) is 5.91 Å². The highest BCUT2D eigenvalue weighted by Crippen LogP contribution is 2.29. The van der Waals surface area contributed by atoms with E-state index in [1.807, 2.05) is 24.3 Å². The van der Waals surface area contributed by atoms with Crippen molar-refractivity contribution < 1.29 is 14.3 Å². The number of carbonyl (C=O) groups excluding carboxylic acids is 2. The molecular weight excluding hydrogens is 400 g/mol. The number of anilines is 1. The molecule has 3 rings (SSSR count). The maximum Gasteiger partial charge on any atom is 0.255 e. The van der Waals surface area contributed by atoms with E-state index in [0.29, 0.717) is 18.2 Å². The van der Waals surface area contributed by atoms with Crippen LogP contribution in [0.1, 0.15) is 31.7 Å². The van der Waals surface area contributed by atoms with Crippen molar-refractivity contribution in [3.05, 3.63) is 46.7 Å². The van der Waals surface area contributed by atoms with Crippen molar-refractivity contribution >= 4 is 28.8 Å². The van der Waals surface area contributed by atoms with Crippen LogP contribution in [0.3, 0.4) is 0 Å². The summed E-state index contributed by atoms with van der Waals surface area (Å²) in [6.45, 7) is 4.67. The minimum absolute atomic E-state index is 0.125. The lowest BCUT2D eigenvalue weighted by molar-refractivity contribution is -0.120. The zero-order valence-electron chi connectivity index (χ0n) is 17.3. The quantitative estimate of drug-likeness (QED) is 0.602. The minimum Gasteiger partial charge on any atom is -0.484 e. The summed E-state index contributed by atoms with van der Waals surface area (Å²) in [4.78, 5) is 27.0. The molecule has 0 saturated carbocycles. The highest BCUT2D eigenvalue weighted by atomic mass is 32.1. The van der Waals surface area contributed by atoms with Crippen LogP contribution in [-0.4, -0.2) is 48.5 Å². The maximum absolute atomic E-state index is 11.3. The molecule has 0 unspecified atom stereocenters. The zero-order chi connectivity index (χ0) is 21.5. The van der Waals surface area contributed by atoms with E-state index in [-0.39, 0.29) is 18.6 Å². The van der Waals surface area contributed by atoms with Crippen LogP contribution in [0, 0.1) is 0 Å². The van der Waals surface area contributed by atoms with Crippen LogP contribution in [0.2, 0.25) is 0 Å². The van der Waals surface area contributed by atoms with Crippen LogP contribution in [-0.2, 0) is 16.1 Å². The lowest BCUT2D eigenvalue weighted by atomic mass is 9.99. The van der Waals surface area contributed by atoms with Gasteiger partial charge >= 0.3 is 0 Å². The van der Waals surface area contributed by atoms with Gasteiger partial charge in [-0.3, -0.25) is 14.5 Å². The predicted molar refractivity (Wildman–Crippen MR) is 120 cm³/mol. The molecule has 2 heterocycles. The summed E-state index contributed by atoms with van der Waals surface area (Å²) in [5.74, 6) is -0.110. The molecule has 0 bridgehead atoms. The molecule has 162 valence electrons. The van der Waals surface area contributed by atoms with Gasteiger partial charge in [-0.15, -0.1) is 0 Å². The van der Waals surface area contributed by atoms with E-state index >= 15 is 0 Å². The number of primary amides is 2. The van der Waals surface area contributed by atoms with E-state index in [9.17, 15) is 9.59 Å². The van der Waals surface area contributed by atoms with Gasteiger partial charge < -0.3 is 21.1 Å². The number of rotatable bonds is 10. The summed E-state index contributed by atoms with van der Waals surface area (Å²) in [5, 5.41) is 4.28. The summed E-state index contributed by atoms with van der Waals surface area (Å²) in [7, 11) is 0. The van der Waals surface area contributed by atoms with E-state index in [2.05, 4.69) is 33.6 Å². The summed E-state index contributed by atoms with van der Waals surface area (Å²) in [6, 6.07) is 10.6. The molecule has 1 aromatic carbocycles. The number of nitrogens with zero attached hydrogens (tertiary/aromatic N) is 2. The van der Waals surface area contributed by atoms with Crippen molar-refractivity contribution in [1.29, 1.82) is 0 Å². The average Bonchev–Trinajstić information content (AvgIpc) is 3.24. The van der Waals surface area contributed by atoms with Crippen LogP contribution >= 0.6 is 11.3 Å². The second-order valence-electron chi connectivity index (χ2n) is 7.79. The molecule has 0 spiro atoms. The second kappa shape index (κ2) is 10.4. The Kier molecular flexibility index (Phi) is 7.70. The number of benzene rings is 1. The molecule has 7 nitrogen and oxygen atoms in total. The summed E-state index contributed by atoms with van der Waals surface area (Å²) in [6.07, 6.45) is 2.44. The standard InChI is InChI=1S/C22H30N4O3S/c1-16(12-21(23)27)25-9-6-19(7-10-25)26(13-17-8-11-30-15-17)18-2-4-20(5-3-18)29-14-22(24)28/h2-5,8,11,15-16,19H,6-7,9-10,12-14H2,1H3,(H2,23,27)(H2,24,28)/t16-/m1/s1. The van der Waals surface area contributed by atoms with E-state index in [1.165, 1.54) is 5.56 Å². The Balaban J connectivity index is 1.69. The van der Waals surface area contributed by atoms with E-state index in [4.69, 9.17) is 16.2 Å². The van der Waals surface area contributed by atoms with Gasteiger partial charge in [-0.1, -0.05) is 0 Å². The third kappa shape index (κ3) is 6.21. The summed E-state index contributed by atoms with van der Waals surface area (Å²) in [5.41, 5.74) is 12.9. The van der Waals surface area contributed by atoms with Crippen molar-refractivity contribution in [2.75, 3.05) is 24.6 Å². The molecule has 1 aromatic heterocycles. The first-order valence-corrected chi connectivity index (χ1v) is 11.2. The van der Waals surface area contributed by atoms with Gasteiger partial charge in [-0.05, 0) is 66.4 Å². The Hall–Kier alpha value is -2.58. The molecule has 1 aliphatic rings. The Morgan fingerprint density at radius 3 is 2.43 bits per heavy atom. The highest BCUT2D eigenvalue weighted by Gasteiger charge is 2.27. The van der Waals surface area contributed by atoms with Crippen LogP contribution < -0.4 is 21.1 Å². The predicted octanol–water partition coefficient (Wildman–Crippen LogP) is 2.35. The van der Waals surface area contributed by atoms with Crippen LogP contribution in [0.25, 0.3) is 0 Å². The fourth-order valence-corrected chi connectivity index (χ4v) is 4.62. The average molecular weight is 431 g/mol. The first-order chi connectivity index (χ1) is 14.4. The SMILES string of the molecule is C[C@H](CC(N)=O)N1CCC(N(Cc2ccsc2)c2ccc(OCC(N)=O)cc2)CC1. The number of carbonyl (C=O) groups is 2. The van der Waals surface area contributed by atoms with Crippen molar-refractivity contribution in [3.63, 3.8) is 0 Å². The largest absolute Gasteiger partial charge is 0.484 e. The smallest absolute Gasteiger partial charge is 0.255 e. The molecule has 1 atom stereocenters. The third-order valence-electron chi connectivity index (χ3n) is 5.54. The molecule has 1 saturated heterocycles. The second-order valence-corrected chi connectivity index (χ2v) is 8.58. The molecular formula is C22H30N4O3S. The van der Waals surface area contributed by atoms with Gasteiger partial charge in [0.05, 0.1) is 0 Å². The molecule has 0 aliphatic carbocycles. The number of hydrogen-bond acceptors (Lipinski definition) is 6. The van der Waals surface area contributed by atoms with E-state index < -0.39 is 5.91 Å². The molecule has 8 heteroatoms. The van der Waals surface area contributed by atoms with Crippen molar-refractivity contribution in [3.8, 4) is 5.75 Å². The van der Waals surface area contributed by atoms with Gasteiger partial charge in [0, 0.05) is 43.8 Å². The highest BCUT2D eigenvalue weighted by molar-refractivity contribution is 7.07. The van der Waals surface area contributed by atoms with Crippen LogP contribution in [0.5, 0.6) is 5.75 Å². The number of amides is 2. The van der Waals surface area contributed by atoms with Crippen LogP contribution in [0.4, 0.5) is 5.69 Å². The van der Waals surface area contributed by atoms with Gasteiger partial charge in [-0.2, -0.15) is 11.3 Å². The number of hydrogen-bond donors (Lipinski definition) is 2. The van der Waals surface area contributed by atoms with Crippen molar-refractivity contribution in [2.45, 2.75) is 44.8 Å². The Bertz CT molecular complexity index is 817. The summed E-state index contributed by atoms with van der Waals surface area (Å²) >= 11 is 1.70. The molecule has 1 fully saturated rings.